The van der Waals surface area contributed by atoms with E-state index in [2.05, 4.69) is 105 Å². The molecule has 638 valence electrons. The van der Waals surface area contributed by atoms with E-state index in [1.807, 2.05) is 0 Å². The second kappa shape index (κ2) is 87.0. The van der Waals surface area contributed by atoms with Crippen molar-refractivity contribution in [3.8, 4) is 0 Å². The maximum atomic E-state index is 12.0. The van der Waals surface area contributed by atoms with Crippen molar-refractivity contribution in [3.63, 3.8) is 0 Å². The summed E-state index contributed by atoms with van der Waals surface area (Å²) in [5.41, 5.74) is 23.3. The molecule has 0 bridgehead atoms. The molecule has 0 N–H and O–H groups in total. The van der Waals surface area contributed by atoms with Gasteiger partial charge in [0.1, 0.15) is 0 Å². The summed E-state index contributed by atoms with van der Waals surface area (Å²) < 4.78 is 1.55. The van der Waals surface area contributed by atoms with Crippen LogP contribution in [0.4, 0.5) is 0 Å². The van der Waals surface area contributed by atoms with Crippen LogP contribution in [-0.4, -0.2) is 4.70 Å². The van der Waals surface area contributed by atoms with Crippen LogP contribution in [0.15, 0.2) is 48.0 Å². The van der Waals surface area contributed by atoms with E-state index in [9.17, 15) is 5.53 Å². The van der Waals surface area contributed by atoms with Crippen molar-refractivity contribution in [1.82, 2.24) is 0 Å². The van der Waals surface area contributed by atoms with Crippen molar-refractivity contribution in [2.75, 3.05) is 0 Å². The number of allylic oxidation sites excluding steroid dienone is 2. The number of rotatable bonds is 81. The average Bonchev–Trinajstić information content (AvgIpc) is 1.64. The molecule has 0 amide bonds. The van der Waals surface area contributed by atoms with Gasteiger partial charge in [-0.25, -0.2) is 4.70 Å². The van der Waals surface area contributed by atoms with Gasteiger partial charge in [-0.3, -0.25) is 0 Å². The molecule has 109 heavy (non-hydrogen) atoms. The van der Waals surface area contributed by atoms with Gasteiger partial charge in [0, 0.05) is 22.8 Å². The van der Waals surface area contributed by atoms with E-state index >= 15 is 0 Å². The summed E-state index contributed by atoms with van der Waals surface area (Å²) in [5.74, 6) is 0. The number of aryl methyl sites for hydroxylation is 4. The second-order valence-electron chi connectivity index (χ2n) is 34.9. The molecule has 3 rings (SSSR count). The Morgan fingerprint density at radius 3 is 0.569 bits per heavy atom. The summed E-state index contributed by atoms with van der Waals surface area (Å²) in [6.07, 6.45) is 115. The monoisotopic (exact) mass is 1600 g/mol. The summed E-state index contributed by atoms with van der Waals surface area (Å²) in [6.45, 7) is 23.8. The average molecular weight is 1600 g/mol. The molecule has 0 aromatic heterocycles. The molecular formula is C106H194N2Pd. The van der Waals surface area contributed by atoms with E-state index < -0.39 is 0 Å². The van der Waals surface area contributed by atoms with E-state index in [4.69, 9.17) is 0 Å². The van der Waals surface area contributed by atoms with Crippen LogP contribution in [0.1, 0.15) is 576 Å². The molecule has 1 aliphatic heterocycles. The molecule has 2 aromatic rings. The number of unbranched alkanes of at least 4 members (excludes halogenated alkanes) is 70. The van der Waals surface area contributed by atoms with E-state index in [-0.39, 0.29) is 20.4 Å². The largest absolute Gasteiger partial charge is 2.00 e. The molecule has 1 aliphatic rings. The van der Waals surface area contributed by atoms with Crippen molar-refractivity contribution in [3.05, 3.63) is 101 Å². The predicted octanol–water partition coefficient (Wildman–Crippen LogP) is 38.5. The van der Waals surface area contributed by atoms with Gasteiger partial charge in [0.25, 0.3) is 0 Å². The normalized spacial score (nSPS) is 12.1. The SMILES string of the molecule is CCCCCCCCc1cc(CCCCCCCC)cc(C2=C(CC)C=C(c3cc(CCCCCC)cc(CCCCCC)c3)[N+]2=[N-])c1.[CH2-]CCCCCCCCCCCCCCCCCCCCCCCCCCCCC.[CH2-]CCCCCCCCCCCCCCCCCCCCCCCCCCCCC.[Pd+2]. The van der Waals surface area contributed by atoms with Crippen LogP contribution in [0.2, 0.25) is 0 Å². The molecule has 0 spiro atoms. The fraction of sp³-hybridized carbons (Fsp3) is 0.830. The van der Waals surface area contributed by atoms with Gasteiger partial charge in [-0.1, -0.05) is 510 Å². The van der Waals surface area contributed by atoms with Crippen molar-refractivity contribution in [2.24, 2.45) is 0 Å². The minimum absolute atomic E-state index is 0. The van der Waals surface area contributed by atoms with Gasteiger partial charge in [-0.2, -0.15) is 12.8 Å². The van der Waals surface area contributed by atoms with Crippen LogP contribution >= 0.6 is 0 Å². The van der Waals surface area contributed by atoms with Crippen LogP contribution in [0, 0.1) is 13.8 Å². The van der Waals surface area contributed by atoms with Crippen molar-refractivity contribution < 1.29 is 25.1 Å². The molecule has 0 radical (unpaired) electrons. The Bertz CT molecular complexity index is 2060. The van der Waals surface area contributed by atoms with E-state index in [1.54, 1.807) is 4.70 Å². The molecule has 0 fully saturated rings. The third-order valence-corrected chi connectivity index (χ3v) is 24.1. The summed E-state index contributed by atoms with van der Waals surface area (Å²) in [5, 5.41) is 0. The zero-order valence-electron chi connectivity index (χ0n) is 75.4. The topological polar surface area (TPSA) is 25.3 Å². The Hall–Kier alpha value is -1.82. The number of hydrogen-bond acceptors (Lipinski definition) is 0. The first kappa shape index (κ1) is 107. The minimum Gasteiger partial charge on any atom is -0.493 e. The molecule has 3 heteroatoms. The Kier molecular flexibility index (Phi) is 85.6. The van der Waals surface area contributed by atoms with Crippen molar-refractivity contribution in [2.45, 2.75) is 569 Å². The third-order valence-electron chi connectivity index (χ3n) is 24.1. The van der Waals surface area contributed by atoms with E-state index in [1.165, 1.54) is 514 Å². The van der Waals surface area contributed by atoms with Crippen LogP contribution < -0.4 is 0 Å². The Morgan fingerprint density at radius 1 is 0.220 bits per heavy atom. The quantitative estimate of drug-likeness (QED) is 0.0273. The molecule has 0 saturated carbocycles. The Balaban J connectivity index is 0.00000168. The van der Waals surface area contributed by atoms with Crippen LogP contribution in [0.25, 0.3) is 16.9 Å². The second-order valence-corrected chi connectivity index (χ2v) is 34.9. The summed E-state index contributed by atoms with van der Waals surface area (Å²) in [7, 11) is 0. The van der Waals surface area contributed by atoms with Gasteiger partial charge >= 0.3 is 20.4 Å². The Labute approximate surface area is 701 Å². The molecule has 0 unspecified atom stereocenters. The van der Waals surface area contributed by atoms with Crippen LogP contribution in [-0.2, 0) is 46.1 Å². The first-order valence-electron chi connectivity index (χ1n) is 50.2. The van der Waals surface area contributed by atoms with Gasteiger partial charge in [-0.05, 0) is 104 Å². The van der Waals surface area contributed by atoms with Gasteiger partial charge in [0.2, 0.25) is 11.4 Å². The number of nitrogens with zero attached hydrogens (tertiary/aromatic N) is 2. The summed E-state index contributed by atoms with van der Waals surface area (Å²) >= 11 is 0. The number of benzene rings is 2. The smallest absolute Gasteiger partial charge is 0.493 e. The van der Waals surface area contributed by atoms with Crippen molar-refractivity contribution >= 4 is 11.4 Å². The summed E-state index contributed by atoms with van der Waals surface area (Å²) in [6, 6.07) is 14.5. The molecule has 0 aliphatic carbocycles. The predicted molar refractivity (Wildman–Crippen MR) is 492 cm³/mol. The standard InChI is InChI=1S/C46H72N2.2C30H61.Pd/c1-6-11-15-19-21-25-29-40-32-41(30-26-22-20-16-12-7-2)36-44(35-40)46-42(10-5)37-45(48(46)47)43-33-38(27-23-17-13-8-3)31-39(34-43)28-24-18-14-9-4;2*1-3-5-7-9-11-13-15-17-19-21-23-25-27-29-30-28-26-24-22-20-18-16-14-12-10-8-6-4-2;/h31-37H,6-30H2,1-5H3;2*1,3-30H2,2H3;/q;2*-1;+2. The number of hydrogen-bond donors (Lipinski definition) is 0. The summed E-state index contributed by atoms with van der Waals surface area (Å²) in [4.78, 5) is 0. The zero-order chi connectivity index (χ0) is 78.0. The van der Waals surface area contributed by atoms with Gasteiger partial charge in [0.05, 0.1) is 0 Å². The maximum Gasteiger partial charge on any atom is 2.00 e. The van der Waals surface area contributed by atoms with Gasteiger partial charge in [-0.15, -0.1) is 0 Å². The minimum atomic E-state index is 0. The van der Waals surface area contributed by atoms with E-state index in [0.717, 1.165) is 56.3 Å². The molecule has 1 heterocycles. The van der Waals surface area contributed by atoms with Crippen molar-refractivity contribution in [1.29, 1.82) is 0 Å². The molecule has 0 saturated heterocycles. The molecule has 2 aromatic carbocycles. The van der Waals surface area contributed by atoms with Gasteiger partial charge < -0.3 is 19.4 Å². The fourth-order valence-corrected chi connectivity index (χ4v) is 16.8. The van der Waals surface area contributed by atoms with E-state index in [0.29, 0.717) is 0 Å². The first-order chi connectivity index (χ1) is 53.4. The zero-order valence-corrected chi connectivity index (χ0v) is 77.0. The van der Waals surface area contributed by atoms with Crippen LogP contribution in [0.3, 0.4) is 0 Å². The maximum absolute atomic E-state index is 12.0. The molecule has 0 atom stereocenters. The molecular weight excluding hydrogens is 1410 g/mol. The van der Waals surface area contributed by atoms with Gasteiger partial charge in [0.15, 0.2) is 0 Å². The van der Waals surface area contributed by atoms with Crippen LogP contribution in [0.5, 0.6) is 0 Å². The molecule has 2 nitrogen and oxygen atoms in total. The fourth-order valence-electron chi connectivity index (χ4n) is 16.8. The Morgan fingerprint density at radius 2 is 0.385 bits per heavy atom. The first-order valence-corrected chi connectivity index (χ1v) is 50.2. The third kappa shape index (κ3) is 68.0.